The second kappa shape index (κ2) is 6.06. The van der Waals surface area contributed by atoms with E-state index in [0.29, 0.717) is 23.5 Å². The highest BCUT2D eigenvalue weighted by Crippen LogP contribution is 2.28. The van der Waals surface area contributed by atoms with Gasteiger partial charge >= 0.3 is 0 Å². The van der Waals surface area contributed by atoms with Crippen molar-refractivity contribution in [1.82, 2.24) is 0 Å². The van der Waals surface area contributed by atoms with Gasteiger partial charge in [0.2, 0.25) is 0 Å². The Balaban J connectivity index is 2.17. The second-order valence-corrected chi connectivity index (χ2v) is 4.76. The summed E-state index contributed by atoms with van der Waals surface area (Å²) in [6.45, 7) is 3.85. The molecule has 0 atom stereocenters. The van der Waals surface area contributed by atoms with E-state index in [1.165, 1.54) is 6.07 Å². The van der Waals surface area contributed by atoms with Gasteiger partial charge in [-0.15, -0.1) is 0 Å². The minimum atomic E-state index is -0.413. The number of nitro groups is 1. The van der Waals surface area contributed by atoms with E-state index in [4.69, 9.17) is 10.00 Å². The molecule has 0 heterocycles. The molecular weight excluding hydrogens is 268 g/mol. The largest absolute Gasteiger partial charge is 0.488 e. The van der Waals surface area contributed by atoms with Crippen molar-refractivity contribution in [3.05, 3.63) is 68.8 Å². The van der Waals surface area contributed by atoms with Crippen molar-refractivity contribution in [3.63, 3.8) is 0 Å². The molecule has 0 bridgehead atoms. The van der Waals surface area contributed by atoms with Crippen LogP contribution in [0.1, 0.15) is 22.3 Å². The van der Waals surface area contributed by atoms with Crippen LogP contribution < -0.4 is 4.74 Å². The molecule has 2 aromatic carbocycles. The Labute approximate surface area is 122 Å². The van der Waals surface area contributed by atoms with E-state index in [1.54, 1.807) is 37.3 Å². The Kier molecular flexibility index (Phi) is 4.19. The van der Waals surface area contributed by atoms with Gasteiger partial charge < -0.3 is 4.74 Å². The first kappa shape index (κ1) is 14.5. The van der Waals surface area contributed by atoms with Crippen LogP contribution in [0.4, 0.5) is 5.69 Å². The van der Waals surface area contributed by atoms with Gasteiger partial charge in [0, 0.05) is 5.56 Å². The number of hydrogen-bond acceptors (Lipinski definition) is 4. The summed E-state index contributed by atoms with van der Waals surface area (Å²) in [6, 6.07) is 12.3. The molecule has 0 radical (unpaired) electrons. The average molecular weight is 282 g/mol. The third kappa shape index (κ3) is 3.37. The number of ether oxygens (including phenoxy) is 1. The molecule has 0 unspecified atom stereocenters. The van der Waals surface area contributed by atoms with Gasteiger partial charge in [-0.1, -0.05) is 12.1 Å². The van der Waals surface area contributed by atoms with Gasteiger partial charge in [0.1, 0.15) is 12.4 Å². The van der Waals surface area contributed by atoms with E-state index in [0.717, 1.165) is 11.1 Å². The fourth-order valence-electron chi connectivity index (χ4n) is 2.01. The predicted molar refractivity (Wildman–Crippen MR) is 78.1 cm³/mol. The highest BCUT2D eigenvalue weighted by molar-refractivity contribution is 5.49. The van der Waals surface area contributed by atoms with Crippen LogP contribution in [0.3, 0.4) is 0 Å². The number of hydrogen-bond donors (Lipinski definition) is 0. The van der Waals surface area contributed by atoms with Gasteiger partial charge in [0.05, 0.1) is 22.6 Å². The molecule has 5 nitrogen and oxygen atoms in total. The van der Waals surface area contributed by atoms with Gasteiger partial charge in [-0.3, -0.25) is 10.1 Å². The predicted octanol–water partition coefficient (Wildman–Crippen LogP) is 3.66. The number of nitriles is 1. The monoisotopic (exact) mass is 282 g/mol. The average Bonchev–Trinajstić information content (AvgIpc) is 2.46. The zero-order valence-electron chi connectivity index (χ0n) is 11.8. The molecule has 2 aromatic rings. The quantitative estimate of drug-likeness (QED) is 0.633. The van der Waals surface area contributed by atoms with Crippen LogP contribution in [0.25, 0.3) is 0 Å². The summed E-state index contributed by atoms with van der Waals surface area (Å²) >= 11 is 0. The van der Waals surface area contributed by atoms with Crippen molar-refractivity contribution in [2.24, 2.45) is 0 Å². The van der Waals surface area contributed by atoms with Crippen molar-refractivity contribution in [2.75, 3.05) is 0 Å². The van der Waals surface area contributed by atoms with Crippen molar-refractivity contribution >= 4 is 5.69 Å². The first-order valence-corrected chi connectivity index (χ1v) is 6.38. The molecule has 0 N–H and O–H groups in total. The molecule has 0 aliphatic carbocycles. The summed E-state index contributed by atoms with van der Waals surface area (Å²) < 4.78 is 5.65. The van der Waals surface area contributed by atoms with Crippen LogP contribution in [0, 0.1) is 35.3 Å². The maximum absolute atomic E-state index is 10.9. The number of rotatable bonds is 4. The molecule has 0 spiro atoms. The number of nitro benzene ring substituents is 1. The normalized spacial score (nSPS) is 9.95. The lowest BCUT2D eigenvalue weighted by atomic mass is 10.1. The third-order valence-corrected chi connectivity index (χ3v) is 3.17. The zero-order chi connectivity index (χ0) is 15.4. The maximum Gasteiger partial charge on any atom is 0.276 e. The van der Waals surface area contributed by atoms with E-state index in [2.05, 4.69) is 0 Å². The SMILES string of the molecule is Cc1cc(C)c([N+](=O)[O-])cc1OCc1ccc(C#N)cc1. The van der Waals surface area contributed by atoms with Gasteiger partial charge in [0.25, 0.3) is 5.69 Å². The molecule has 21 heavy (non-hydrogen) atoms. The standard InChI is InChI=1S/C16H14N2O3/c1-11-7-12(2)16(8-15(11)18(19)20)21-10-14-5-3-13(9-17)4-6-14/h3-8H,10H2,1-2H3. The Morgan fingerprint density at radius 1 is 1.19 bits per heavy atom. The summed E-state index contributed by atoms with van der Waals surface area (Å²) in [4.78, 5) is 10.5. The Hall–Kier alpha value is -2.87. The molecule has 106 valence electrons. The zero-order valence-corrected chi connectivity index (χ0v) is 11.8. The minimum Gasteiger partial charge on any atom is -0.488 e. The van der Waals surface area contributed by atoms with Crippen molar-refractivity contribution < 1.29 is 9.66 Å². The van der Waals surface area contributed by atoms with Gasteiger partial charge in [-0.2, -0.15) is 5.26 Å². The molecule has 5 heteroatoms. The molecule has 0 fully saturated rings. The molecule has 2 rings (SSSR count). The van der Waals surface area contributed by atoms with Gasteiger partial charge in [-0.25, -0.2) is 0 Å². The molecule has 0 aliphatic rings. The lowest BCUT2D eigenvalue weighted by Gasteiger charge is -2.10. The van der Waals surface area contributed by atoms with Crippen LogP contribution >= 0.6 is 0 Å². The van der Waals surface area contributed by atoms with E-state index < -0.39 is 4.92 Å². The van der Waals surface area contributed by atoms with Crippen LogP contribution in [0.15, 0.2) is 36.4 Å². The number of nitrogens with zero attached hydrogens (tertiary/aromatic N) is 2. The van der Waals surface area contributed by atoms with Crippen LogP contribution in [-0.2, 0) is 6.61 Å². The number of benzene rings is 2. The van der Waals surface area contributed by atoms with Crippen molar-refractivity contribution in [3.8, 4) is 11.8 Å². The minimum absolute atomic E-state index is 0.0513. The van der Waals surface area contributed by atoms with E-state index in [-0.39, 0.29) is 5.69 Å². The maximum atomic E-state index is 10.9. The highest BCUT2D eigenvalue weighted by atomic mass is 16.6. The van der Waals surface area contributed by atoms with Gasteiger partial charge in [0.15, 0.2) is 0 Å². The fraction of sp³-hybridized carbons (Fsp3) is 0.188. The van der Waals surface area contributed by atoms with Crippen LogP contribution in [-0.4, -0.2) is 4.92 Å². The van der Waals surface area contributed by atoms with E-state index in [9.17, 15) is 10.1 Å². The second-order valence-electron chi connectivity index (χ2n) is 4.76. The topological polar surface area (TPSA) is 76.2 Å². The molecule has 0 aliphatic heterocycles. The first-order chi connectivity index (χ1) is 10.0. The van der Waals surface area contributed by atoms with Crippen molar-refractivity contribution in [2.45, 2.75) is 20.5 Å². The summed E-state index contributed by atoms with van der Waals surface area (Å²) in [5.74, 6) is 0.497. The summed E-state index contributed by atoms with van der Waals surface area (Å²) in [7, 11) is 0. The summed E-state index contributed by atoms with van der Waals surface area (Å²) in [5, 5.41) is 19.7. The van der Waals surface area contributed by atoms with Crippen LogP contribution in [0.5, 0.6) is 5.75 Å². The molecule has 0 aromatic heterocycles. The lowest BCUT2D eigenvalue weighted by molar-refractivity contribution is -0.385. The molecular formula is C16H14N2O3. The Morgan fingerprint density at radius 3 is 2.43 bits per heavy atom. The van der Waals surface area contributed by atoms with Gasteiger partial charge in [-0.05, 0) is 43.2 Å². The first-order valence-electron chi connectivity index (χ1n) is 6.38. The van der Waals surface area contributed by atoms with Crippen molar-refractivity contribution in [1.29, 1.82) is 5.26 Å². The van der Waals surface area contributed by atoms with E-state index in [1.807, 2.05) is 13.0 Å². The molecule has 0 amide bonds. The molecule has 0 saturated carbocycles. The highest BCUT2D eigenvalue weighted by Gasteiger charge is 2.14. The third-order valence-electron chi connectivity index (χ3n) is 3.17. The Morgan fingerprint density at radius 2 is 1.86 bits per heavy atom. The molecule has 0 saturated heterocycles. The summed E-state index contributed by atoms with van der Waals surface area (Å²) in [5.41, 5.74) is 3.00. The summed E-state index contributed by atoms with van der Waals surface area (Å²) in [6.07, 6.45) is 0. The lowest BCUT2D eigenvalue weighted by Crippen LogP contribution is -2.00. The van der Waals surface area contributed by atoms with Crippen LogP contribution in [0.2, 0.25) is 0 Å². The Bertz CT molecular complexity index is 716. The fourth-order valence-corrected chi connectivity index (χ4v) is 2.01. The number of aryl methyl sites for hydroxylation is 2. The smallest absolute Gasteiger partial charge is 0.276 e. The van der Waals surface area contributed by atoms with E-state index >= 15 is 0 Å².